The van der Waals surface area contributed by atoms with Crippen molar-refractivity contribution in [2.45, 2.75) is 43.8 Å². The van der Waals surface area contributed by atoms with Crippen molar-refractivity contribution in [1.82, 2.24) is 0 Å². The summed E-state index contributed by atoms with van der Waals surface area (Å²) in [6, 6.07) is 1.72. The first kappa shape index (κ1) is 18.9. The summed E-state index contributed by atoms with van der Waals surface area (Å²) < 4.78 is 41.0. The Hall–Kier alpha value is -1.12. The number of rotatable bonds is 4. The maximum atomic E-state index is 13.1. The summed E-state index contributed by atoms with van der Waals surface area (Å²) in [6.07, 6.45) is 0. The van der Waals surface area contributed by atoms with Crippen LogP contribution in [-0.4, -0.2) is 27.8 Å². The maximum absolute atomic E-state index is 13.1. The van der Waals surface area contributed by atoms with Crippen molar-refractivity contribution in [3.05, 3.63) is 22.7 Å². The molecule has 9 heteroatoms. The molecule has 1 aromatic carbocycles. The summed E-state index contributed by atoms with van der Waals surface area (Å²) in [6.45, 7) is 9.67. The summed E-state index contributed by atoms with van der Waals surface area (Å²) in [5, 5.41) is 8.60. The van der Waals surface area contributed by atoms with E-state index < -0.39 is 40.0 Å². The lowest BCUT2D eigenvalue weighted by Gasteiger charge is -2.36. The lowest BCUT2D eigenvalue weighted by molar-refractivity contribution is 0.0694. The Morgan fingerprint density at radius 1 is 1.32 bits per heavy atom. The second-order valence-electron chi connectivity index (χ2n) is 6.38. The fourth-order valence-electron chi connectivity index (χ4n) is 1.40. The highest BCUT2D eigenvalue weighted by Crippen LogP contribution is 2.40. The topological polar surface area (TPSA) is 80.7 Å². The minimum Gasteiger partial charge on any atom is -0.543 e. The van der Waals surface area contributed by atoms with Gasteiger partial charge in [-0.3, -0.25) is 0 Å². The Labute approximate surface area is 135 Å². The molecule has 0 spiro atoms. The molecule has 0 heterocycles. The van der Waals surface area contributed by atoms with Crippen LogP contribution in [0.4, 0.5) is 3.89 Å². The molecule has 124 valence electrons. The van der Waals surface area contributed by atoms with E-state index in [-0.39, 0.29) is 10.8 Å². The number of benzene rings is 1. The smallest absolute Gasteiger partial charge is 0.339 e. The van der Waals surface area contributed by atoms with Gasteiger partial charge in [-0.1, -0.05) is 32.4 Å². The van der Waals surface area contributed by atoms with Gasteiger partial charge in [-0.05, 0) is 30.3 Å². The standard InChI is InChI=1S/C13H18ClFO5SSi/c1-13(2,3)22(4,5)20-10-7-9(14)11(21(15,18)19)6-8(10)12(16)17/h6-7H,1-5H3,(H,16,17). The van der Waals surface area contributed by atoms with Gasteiger partial charge in [0.15, 0.2) is 0 Å². The number of halogens is 2. The van der Waals surface area contributed by atoms with Gasteiger partial charge in [0, 0.05) is 0 Å². The van der Waals surface area contributed by atoms with Crippen LogP contribution in [0.25, 0.3) is 0 Å². The van der Waals surface area contributed by atoms with Crippen LogP contribution in [0.1, 0.15) is 31.1 Å². The van der Waals surface area contributed by atoms with E-state index >= 15 is 0 Å². The summed E-state index contributed by atoms with van der Waals surface area (Å²) in [5.41, 5.74) is -0.439. The molecule has 0 radical (unpaired) electrons. The molecule has 0 fully saturated rings. The molecule has 22 heavy (non-hydrogen) atoms. The number of hydrogen-bond acceptors (Lipinski definition) is 4. The third-order valence-electron chi connectivity index (χ3n) is 3.70. The molecule has 5 nitrogen and oxygen atoms in total. The average molecular weight is 369 g/mol. The predicted molar refractivity (Wildman–Crippen MR) is 84.5 cm³/mol. The number of carboxylic acid groups (broad SMARTS) is 1. The van der Waals surface area contributed by atoms with Crippen LogP contribution in [0.15, 0.2) is 17.0 Å². The molecule has 0 bridgehead atoms. The fourth-order valence-corrected chi connectivity index (χ4v) is 3.41. The zero-order chi connectivity index (χ0) is 17.5. The van der Waals surface area contributed by atoms with Crippen molar-refractivity contribution in [1.29, 1.82) is 0 Å². The second-order valence-corrected chi connectivity index (χ2v) is 12.8. The van der Waals surface area contributed by atoms with Gasteiger partial charge in [-0.15, -0.1) is 3.89 Å². The molecule has 1 N–H and O–H groups in total. The number of aromatic carboxylic acids is 1. The summed E-state index contributed by atoms with van der Waals surface area (Å²) >= 11 is 5.76. The van der Waals surface area contributed by atoms with E-state index in [2.05, 4.69) is 0 Å². The van der Waals surface area contributed by atoms with Crippen LogP contribution >= 0.6 is 11.6 Å². The van der Waals surface area contributed by atoms with Crippen LogP contribution in [0.3, 0.4) is 0 Å². The minimum absolute atomic E-state index is 0.0588. The molecule has 1 rings (SSSR count). The van der Waals surface area contributed by atoms with Gasteiger partial charge in [-0.2, -0.15) is 8.42 Å². The molecule has 0 aliphatic heterocycles. The molecule has 1 aromatic rings. The van der Waals surface area contributed by atoms with E-state index in [9.17, 15) is 22.2 Å². The Morgan fingerprint density at radius 3 is 2.18 bits per heavy atom. The predicted octanol–water partition coefficient (Wildman–Crippen LogP) is 4.08. The normalized spacial score (nSPS) is 13.0. The largest absolute Gasteiger partial charge is 0.543 e. The van der Waals surface area contributed by atoms with E-state index in [4.69, 9.17) is 16.0 Å². The maximum Gasteiger partial charge on any atom is 0.339 e. The summed E-state index contributed by atoms with van der Waals surface area (Å²) in [5.74, 6) is -1.48. The Kier molecular flexibility index (Phi) is 5.01. The van der Waals surface area contributed by atoms with E-state index in [1.54, 1.807) is 0 Å². The van der Waals surface area contributed by atoms with Crippen LogP contribution in [-0.2, 0) is 10.2 Å². The van der Waals surface area contributed by atoms with Gasteiger partial charge in [-0.25, -0.2) is 4.79 Å². The monoisotopic (exact) mass is 368 g/mol. The second kappa shape index (κ2) is 5.82. The average Bonchev–Trinajstić information content (AvgIpc) is 2.24. The minimum atomic E-state index is -5.12. The van der Waals surface area contributed by atoms with Crippen LogP contribution in [0, 0.1) is 0 Å². The zero-order valence-corrected chi connectivity index (χ0v) is 15.5. The molecule has 0 aliphatic rings. The first-order chi connectivity index (χ1) is 9.67. The van der Waals surface area contributed by atoms with E-state index in [1.807, 2.05) is 33.9 Å². The van der Waals surface area contributed by atoms with E-state index in [0.29, 0.717) is 6.07 Å². The molecule has 0 amide bonds. The third kappa shape index (κ3) is 3.99. The highest BCUT2D eigenvalue weighted by Gasteiger charge is 2.40. The first-order valence-electron chi connectivity index (χ1n) is 6.37. The van der Waals surface area contributed by atoms with Crippen LogP contribution in [0.2, 0.25) is 23.2 Å². The molecule has 0 unspecified atom stereocenters. The highest BCUT2D eigenvalue weighted by atomic mass is 35.5. The molecule has 0 aromatic heterocycles. The Bertz CT molecular complexity index is 710. The van der Waals surface area contributed by atoms with Crippen molar-refractivity contribution >= 4 is 36.1 Å². The highest BCUT2D eigenvalue weighted by molar-refractivity contribution is 7.86. The first-order valence-corrected chi connectivity index (χ1v) is 11.0. The van der Waals surface area contributed by atoms with Gasteiger partial charge in [0.05, 0.1) is 5.02 Å². The van der Waals surface area contributed by atoms with Crippen LogP contribution in [0.5, 0.6) is 5.75 Å². The van der Waals surface area contributed by atoms with Crippen LogP contribution < -0.4 is 4.43 Å². The van der Waals surface area contributed by atoms with Crippen molar-refractivity contribution in [3.63, 3.8) is 0 Å². The lowest BCUT2D eigenvalue weighted by atomic mass is 10.2. The Balaban J connectivity index is 3.51. The molecule has 0 atom stereocenters. The quantitative estimate of drug-likeness (QED) is 0.639. The molecular formula is C13H18ClFO5SSi. The van der Waals surface area contributed by atoms with Gasteiger partial charge in [0.25, 0.3) is 8.32 Å². The third-order valence-corrected chi connectivity index (χ3v) is 9.33. The number of carboxylic acids is 1. The molecular weight excluding hydrogens is 351 g/mol. The molecule has 0 aliphatic carbocycles. The van der Waals surface area contributed by atoms with E-state index in [1.165, 1.54) is 0 Å². The van der Waals surface area contributed by atoms with Crippen molar-refractivity contribution in [2.75, 3.05) is 0 Å². The van der Waals surface area contributed by atoms with Gasteiger partial charge < -0.3 is 9.53 Å². The summed E-state index contributed by atoms with van der Waals surface area (Å²) in [7, 11) is -7.49. The zero-order valence-electron chi connectivity index (χ0n) is 12.9. The van der Waals surface area contributed by atoms with E-state index in [0.717, 1.165) is 6.07 Å². The molecule has 0 saturated carbocycles. The van der Waals surface area contributed by atoms with Gasteiger partial charge in [0.2, 0.25) is 0 Å². The SMILES string of the molecule is CC(C)(C)[Si](C)(C)Oc1cc(Cl)c(S(=O)(=O)F)cc1C(=O)O. The fraction of sp³-hybridized carbons (Fsp3) is 0.462. The van der Waals surface area contributed by atoms with Crippen molar-refractivity contribution in [2.24, 2.45) is 0 Å². The molecule has 0 saturated heterocycles. The van der Waals surface area contributed by atoms with Crippen molar-refractivity contribution in [3.8, 4) is 5.75 Å². The number of carbonyl (C=O) groups is 1. The summed E-state index contributed by atoms with van der Waals surface area (Å²) in [4.78, 5) is 10.4. The van der Waals surface area contributed by atoms with Crippen molar-refractivity contribution < 1.29 is 26.6 Å². The number of hydrogen-bond donors (Lipinski definition) is 1. The lowest BCUT2D eigenvalue weighted by Crippen LogP contribution is -2.44. The van der Waals surface area contributed by atoms with Gasteiger partial charge in [0.1, 0.15) is 16.2 Å². The Morgan fingerprint density at radius 2 is 1.82 bits per heavy atom. The van der Waals surface area contributed by atoms with Gasteiger partial charge >= 0.3 is 16.2 Å².